The van der Waals surface area contributed by atoms with Crippen molar-refractivity contribution >= 4 is 17.6 Å². The van der Waals surface area contributed by atoms with E-state index in [0.717, 1.165) is 56.5 Å². The molecule has 1 aromatic heterocycles. The highest BCUT2D eigenvalue weighted by atomic mass is 19.1. The molecule has 2 fully saturated rings. The van der Waals surface area contributed by atoms with Crippen LogP contribution in [0.3, 0.4) is 0 Å². The van der Waals surface area contributed by atoms with Gasteiger partial charge in [0.15, 0.2) is 11.5 Å². The number of carbonyl (C=O) groups is 2. The number of rotatable bonds is 8. The van der Waals surface area contributed by atoms with Gasteiger partial charge in [-0.05, 0) is 84.5 Å². The lowest BCUT2D eigenvalue weighted by atomic mass is 9.87. The minimum absolute atomic E-state index is 0.00967. The minimum atomic E-state index is -0.944. The number of carboxylic acid groups (broad SMARTS) is 1. The number of benzene rings is 4. The van der Waals surface area contributed by atoms with E-state index in [1.54, 1.807) is 0 Å². The van der Waals surface area contributed by atoms with Gasteiger partial charge in [-0.25, -0.2) is 8.78 Å². The second-order valence-corrected chi connectivity index (χ2v) is 14.8. The van der Waals surface area contributed by atoms with Crippen LogP contribution in [0.4, 0.5) is 14.5 Å². The van der Waals surface area contributed by atoms with Crippen LogP contribution in [0.25, 0.3) is 22.5 Å². The quantitative estimate of drug-likeness (QED) is 0.134. The molecule has 2 aliphatic carbocycles. The van der Waals surface area contributed by atoms with Gasteiger partial charge in [0.2, 0.25) is 0 Å². The van der Waals surface area contributed by atoms with Gasteiger partial charge in [-0.3, -0.25) is 14.5 Å². The number of nitrogen functional groups attached to an aromatic ring is 1. The highest BCUT2D eigenvalue weighted by molar-refractivity contribution is 5.93. The number of likely N-dealkylation sites (tertiary alicyclic amines) is 1. The largest absolute Gasteiger partial charge is 0.481 e. The first-order valence-corrected chi connectivity index (χ1v) is 18.9. The Kier molecular flexibility index (Phi) is 11.2. The van der Waals surface area contributed by atoms with Gasteiger partial charge in [0.1, 0.15) is 11.6 Å². The number of aliphatic carboxylic acids is 1. The Labute approximate surface area is 314 Å². The maximum atomic E-state index is 14.0. The van der Waals surface area contributed by atoms with Crippen LogP contribution in [-0.2, 0) is 24.1 Å². The molecule has 0 spiro atoms. The number of piperidine rings is 1. The van der Waals surface area contributed by atoms with Crippen molar-refractivity contribution < 1.29 is 28.0 Å². The smallest absolute Gasteiger partial charge is 0.309 e. The van der Waals surface area contributed by atoms with Crippen molar-refractivity contribution in [2.24, 2.45) is 5.92 Å². The van der Waals surface area contributed by atoms with Gasteiger partial charge in [0.05, 0.1) is 11.5 Å². The van der Waals surface area contributed by atoms with Crippen molar-refractivity contribution in [1.82, 2.24) is 15.4 Å². The molecular formula is C44H46F2N4O4. The highest BCUT2D eigenvalue weighted by Crippen LogP contribution is 2.40. The average Bonchev–Trinajstić information content (AvgIpc) is 3.82. The lowest BCUT2D eigenvalue weighted by Gasteiger charge is -2.42. The third kappa shape index (κ3) is 8.24. The number of aromatic nitrogens is 1. The molecule has 3 aliphatic rings. The van der Waals surface area contributed by atoms with E-state index >= 15 is 0 Å². The van der Waals surface area contributed by atoms with Crippen LogP contribution in [0.15, 0.2) is 89.5 Å². The van der Waals surface area contributed by atoms with E-state index in [9.17, 15) is 23.5 Å². The SMILES string of the molecule is Cc1cccc(CCc2ccc3c(c2N)Cc2ccccc2-3)c1.O=C(N[C@@H]1CCN(C2CCCCC2)C[C@H]1C(=O)O)c1cc(-c2ccc(F)cc2F)on1. The Bertz CT molecular complexity index is 2140. The van der Waals surface area contributed by atoms with Crippen molar-refractivity contribution in [3.8, 4) is 22.5 Å². The number of amides is 1. The molecule has 5 aromatic rings. The van der Waals surface area contributed by atoms with E-state index in [1.807, 2.05) is 0 Å². The molecule has 1 saturated heterocycles. The summed E-state index contributed by atoms with van der Waals surface area (Å²) in [5, 5.41) is 16.2. The molecule has 8 rings (SSSR count). The molecule has 10 heteroatoms. The van der Waals surface area contributed by atoms with E-state index in [4.69, 9.17) is 10.3 Å². The van der Waals surface area contributed by atoms with Crippen molar-refractivity contribution in [2.75, 3.05) is 18.8 Å². The van der Waals surface area contributed by atoms with Crippen molar-refractivity contribution in [3.05, 3.63) is 130 Å². The summed E-state index contributed by atoms with van der Waals surface area (Å²) < 4.78 is 32.1. The summed E-state index contributed by atoms with van der Waals surface area (Å²) in [6, 6.07) is 26.0. The number of hydrogen-bond acceptors (Lipinski definition) is 6. The lowest BCUT2D eigenvalue weighted by Crippen LogP contribution is -2.56. The summed E-state index contributed by atoms with van der Waals surface area (Å²) in [7, 11) is 0. The van der Waals surface area contributed by atoms with E-state index in [1.165, 1.54) is 70.3 Å². The third-order valence-corrected chi connectivity index (χ3v) is 11.2. The van der Waals surface area contributed by atoms with Crippen LogP contribution < -0.4 is 11.1 Å². The summed E-state index contributed by atoms with van der Waals surface area (Å²) in [4.78, 5) is 26.8. The molecule has 8 nitrogen and oxygen atoms in total. The zero-order valence-corrected chi connectivity index (χ0v) is 30.5. The van der Waals surface area contributed by atoms with Gasteiger partial charge >= 0.3 is 5.97 Å². The zero-order valence-electron chi connectivity index (χ0n) is 30.5. The predicted octanol–water partition coefficient (Wildman–Crippen LogP) is 8.39. The van der Waals surface area contributed by atoms with Crippen LogP contribution in [0.1, 0.15) is 76.8 Å². The number of anilines is 1. The Balaban J connectivity index is 0.000000174. The second kappa shape index (κ2) is 16.3. The normalized spacial score (nSPS) is 18.3. The fourth-order valence-corrected chi connectivity index (χ4v) is 8.27. The Morgan fingerprint density at radius 1 is 0.907 bits per heavy atom. The molecule has 1 amide bonds. The van der Waals surface area contributed by atoms with E-state index < -0.39 is 35.5 Å². The fourth-order valence-electron chi connectivity index (χ4n) is 8.27. The lowest BCUT2D eigenvalue weighted by molar-refractivity contribution is -0.145. The molecule has 0 unspecified atom stereocenters. The molecule has 2 atom stereocenters. The van der Waals surface area contributed by atoms with E-state index in [0.29, 0.717) is 19.0 Å². The van der Waals surface area contributed by atoms with Crippen LogP contribution in [0, 0.1) is 24.5 Å². The number of nitrogens with two attached hydrogens (primary N) is 1. The van der Waals surface area contributed by atoms with Crippen LogP contribution in [0.2, 0.25) is 0 Å². The van der Waals surface area contributed by atoms with Gasteiger partial charge in [-0.2, -0.15) is 0 Å². The summed E-state index contributed by atoms with van der Waals surface area (Å²) >= 11 is 0. The molecule has 4 aromatic carbocycles. The number of halogens is 2. The molecule has 0 bridgehead atoms. The number of carboxylic acids is 1. The number of nitrogens with one attached hydrogen (secondary N) is 1. The Hall–Kier alpha value is -5.35. The first-order valence-electron chi connectivity index (χ1n) is 18.9. The van der Waals surface area contributed by atoms with E-state index in [-0.39, 0.29) is 17.0 Å². The Morgan fingerprint density at radius 3 is 2.48 bits per heavy atom. The summed E-state index contributed by atoms with van der Waals surface area (Å²) in [5.41, 5.74) is 16.7. The van der Waals surface area contributed by atoms with Crippen LogP contribution in [0.5, 0.6) is 0 Å². The molecule has 4 N–H and O–H groups in total. The summed E-state index contributed by atoms with van der Waals surface area (Å²) in [6.45, 7) is 3.27. The van der Waals surface area contributed by atoms with Gasteiger partial charge in [-0.1, -0.05) is 90.6 Å². The number of aryl methyl sites for hydroxylation is 3. The predicted molar refractivity (Wildman–Crippen MR) is 205 cm³/mol. The first-order chi connectivity index (χ1) is 26.1. The molecule has 1 saturated carbocycles. The maximum absolute atomic E-state index is 14.0. The summed E-state index contributed by atoms with van der Waals surface area (Å²) in [6.07, 6.45) is 9.27. The molecule has 54 heavy (non-hydrogen) atoms. The number of nitrogens with zero attached hydrogens (tertiary/aromatic N) is 2. The van der Waals surface area contributed by atoms with E-state index in [2.05, 4.69) is 83.0 Å². The van der Waals surface area contributed by atoms with Crippen LogP contribution in [-0.4, -0.2) is 52.2 Å². The second-order valence-electron chi connectivity index (χ2n) is 14.8. The summed E-state index contributed by atoms with van der Waals surface area (Å²) in [5.74, 6) is -3.81. The van der Waals surface area contributed by atoms with Crippen molar-refractivity contribution in [3.63, 3.8) is 0 Å². The minimum Gasteiger partial charge on any atom is -0.481 e. The van der Waals surface area contributed by atoms with Gasteiger partial charge in [0.25, 0.3) is 5.91 Å². The maximum Gasteiger partial charge on any atom is 0.309 e. The van der Waals surface area contributed by atoms with Crippen LogP contribution >= 0.6 is 0 Å². The molecular weight excluding hydrogens is 687 g/mol. The highest BCUT2D eigenvalue weighted by Gasteiger charge is 2.38. The zero-order chi connectivity index (χ0) is 37.8. The van der Waals surface area contributed by atoms with Gasteiger partial charge < -0.3 is 20.7 Å². The molecule has 0 radical (unpaired) electrons. The third-order valence-electron chi connectivity index (χ3n) is 11.2. The number of hydrogen-bond donors (Lipinski definition) is 3. The molecule has 280 valence electrons. The van der Waals surface area contributed by atoms with Crippen molar-refractivity contribution in [2.45, 2.75) is 76.8 Å². The first kappa shape index (κ1) is 37.0. The molecule has 2 heterocycles. The number of fused-ring (bicyclic) bond motifs is 3. The molecule has 1 aliphatic heterocycles. The monoisotopic (exact) mass is 732 g/mol. The standard InChI is InChI=1S/C22H25F2N3O4.C22H21N/c23-13-6-7-15(17(24)10-13)20-11-19(26-31-20)21(28)25-18-8-9-27(12-16(18)22(29)30)14-4-2-1-3-5-14;1-15-5-4-6-16(13-15)9-10-17-11-12-20-19-8-3-2-7-18(19)14-21(20)22(17)23/h6-7,10-11,14,16,18H,1-5,8-9,12H2,(H,25,28)(H,29,30);2-8,11-13H,9-10,14,23H2,1H3/t16-,18-;/m1./s1. The van der Waals surface area contributed by atoms with Gasteiger partial charge in [-0.15, -0.1) is 0 Å². The Morgan fingerprint density at radius 2 is 1.70 bits per heavy atom. The average molecular weight is 733 g/mol. The van der Waals surface area contributed by atoms with Crippen molar-refractivity contribution in [1.29, 1.82) is 0 Å². The topological polar surface area (TPSA) is 122 Å². The van der Waals surface area contributed by atoms with Gasteiger partial charge in [0, 0.05) is 49.4 Å². The number of carbonyl (C=O) groups excluding carboxylic acids is 1. The fraction of sp³-hybridized carbons (Fsp3) is 0.341.